The molecule has 0 fully saturated rings. The van der Waals surface area contributed by atoms with E-state index in [1.54, 1.807) is 11.0 Å². The molecule has 0 bridgehead atoms. The Morgan fingerprint density at radius 3 is 2.86 bits per heavy atom. The first-order chi connectivity index (χ1) is 9.97. The standard InChI is InChI=1S/C15H16ClN3O2/c1-8-12(10(3)21-18-8)7-19-14-5-4-11(16)6-13(14)17-9(2)15(19)20/h4-6,9,17H,7H2,1-3H3. The Kier molecular flexibility index (Phi) is 3.37. The predicted octanol–water partition coefficient (Wildman–Crippen LogP) is 3.29. The number of hydrogen-bond donors (Lipinski definition) is 1. The van der Waals surface area contributed by atoms with Gasteiger partial charge >= 0.3 is 0 Å². The van der Waals surface area contributed by atoms with E-state index in [9.17, 15) is 4.79 Å². The van der Waals surface area contributed by atoms with Gasteiger partial charge < -0.3 is 14.7 Å². The first-order valence-electron chi connectivity index (χ1n) is 6.76. The van der Waals surface area contributed by atoms with Crippen LogP contribution in [0.2, 0.25) is 5.02 Å². The van der Waals surface area contributed by atoms with Crippen molar-refractivity contribution in [2.45, 2.75) is 33.4 Å². The van der Waals surface area contributed by atoms with Crippen LogP contribution in [0, 0.1) is 13.8 Å². The molecule has 1 aliphatic rings. The van der Waals surface area contributed by atoms with Crippen molar-refractivity contribution in [1.82, 2.24) is 5.16 Å². The molecule has 0 spiro atoms. The Morgan fingerprint density at radius 1 is 1.43 bits per heavy atom. The number of carbonyl (C=O) groups is 1. The van der Waals surface area contributed by atoms with E-state index in [2.05, 4.69) is 10.5 Å². The number of rotatable bonds is 2. The molecule has 1 amide bonds. The molecule has 21 heavy (non-hydrogen) atoms. The summed E-state index contributed by atoms with van der Waals surface area (Å²) >= 11 is 6.03. The second kappa shape index (κ2) is 5.07. The molecule has 1 aromatic heterocycles. The Bertz CT molecular complexity index is 691. The van der Waals surface area contributed by atoms with E-state index < -0.39 is 0 Å². The van der Waals surface area contributed by atoms with E-state index >= 15 is 0 Å². The van der Waals surface area contributed by atoms with Crippen molar-refractivity contribution in [3.8, 4) is 0 Å². The molecule has 0 radical (unpaired) electrons. The summed E-state index contributed by atoms with van der Waals surface area (Å²) in [5.74, 6) is 0.756. The van der Waals surface area contributed by atoms with Gasteiger partial charge in [-0.25, -0.2) is 0 Å². The van der Waals surface area contributed by atoms with E-state index in [4.69, 9.17) is 16.1 Å². The SMILES string of the molecule is Cc1noc(C)c1CN1C(=O)C(C)Nc2cc(Cl)ccc21. The molecule has 1 aromatic carbocycles. The van der Waals surface area contributed by atoms with Gasteiger partial charge in [0.1, 0.15) is 11.8 Å². The van der Waals surface area contributed by atoms with Crippen molar-refractivity contribution in [1.29, 1.82) is 0 Å². The number of halogens is 1. The minimum absolute atomic E-state index is 0.0184. The number of amides is 1. The molecule has 0 saturated carbocycles. The molecular weight excluding hydrogens is 290 g/mol. The third-order valence-corrected chi connectivity index (χ3v) is 3.99. The number of benzene rings is 1. The zero-order valence-electron chi connectivity index (χ0n) is 12.1. The first kappa shape index (κ1) is 13.9. The molecular formula is C15H16ClN3O2. The van der Waals surface area contributed by atoms with E-state index in [0.717, 1.165) is 28.4 Å². The fourth-order valence-corrected chi connectivity index (χ4v) is 2.73. The van der Waals surface area contributed by atoms with Gasteiger partial charge in [-0.2, -0.15) is 0 Å². The van der Waals surface area contributed by atoms with Crippen LogP contribution in [0.1, 0.15) is 23.9 Å². The average molecular weight is 306 g/mol. The molecule has 2 aromatic rings. The van der Waals surface area contributed by atoms with Gasteiger partial charge in [-0.15, -0.1) is 0 Å². The minimum atomic E-state index is -0.295. The van der Waals surface area contributed by atoms with Gasteiger partial charge in [0.25, 0.3) is 0 Å². The van der Waals surface area contributed by atoms with Crippen LogP contribution in [-0.2, 0) is 11.3 Å². The van der Waals surface area contributed by atoms with E-state index in [0.29, 0.717) is 11.6 Å². The maximum atomic E-state index is 12.5. The maximum Gasteiger partial charge on any atom is 0.249 e. The van der Waals surface area contributed by atoms with E-state index in [-0.39, 0.29) is 11.9 Å². The molecule has 3 rings (SSSR count). The number of nitrogens with zero attached hydrogens (tertiary/aromatic N) is 2. The third kappa shape index (κ3) is 2.38. The molecule has 0 saturated heterocycles. The summed E-state index contributed by atoms with van der Waals surface area (Å²) < 4.78 is 5.18. The minimum Gasteiger partial charge on any atom is -0.372 e. The van der Waals surface area contributed by atoms with Gasteiger partial charge in [0.15, 0.2) is 0 Å². The second-order valence-electron chi connectivity index (χ2n) is 5.25. The van der Waals surface area contributed by atoms with Crippen LogP contribution >= 0.6 is 11.6 Å². The lowest BCUT2D eigenvalue weighted by Gasteiger charge is -2.34. The molecule has 1 aliphatic heterocycles. The largest absolute Gasteiger partial charge is 0.372 e. The number of anilines is 2. The van der Waals surface area contributed by atoms with Gasteiger partial charge in [0.2, 0.25) is 5.91 Å². The predicted molar refractivity (Wildman–Crippen MR) is 81.7 cm³/mol. The highest BCUT2D eigenvalue weighted by Gasteiger charge is 2.30. The van der Waals surface area contributed by atoms with Crippen LogP contribution in [0.15, 0.2) is 22.7 Å². The Labute approximate surface area is 127 Å². The molecule has 0 aliphatic carbocycles. The number of hydrogen-bond acceptors (Lipinski definition) is 4. The number of fused-ring (bicyclic) bond motifs is 1. The fourth-order valence-electron chi connectivity index (χ4n) is 2.56. The van der Waals surface area contributed by atoms with Gasteiger partial charge in [0.05, 0.1) is 23.6 Å². The Hall–Kier alpha value is -2.01. The highest BCUT2D eigenvalue weighted by Crippen LogP contribution is 2.35. The summed E-state index contributed by atoms with van der Waals surface area (Å²) in [6.07, 6.45) is 0. The number of aromatic nitrogens is 1. The van der Waals surface area contributed by atoms with Crippen LogP contribution in [0.25, 0.3) is 0 Å². The lowest BCUT2D eigenvalue weighted by Crippen LogP contribution is -2.45. The second-order valence-corrected chi connectivity index (χ2v) is 5.69. The van der Waals surface area contributed by atoms with Gasteiger partial charge in [-0.3, -0.25) is 4.79 Å². The van der Waals surface area contributed by atoms with Crippen molar-refractivity contribution in [3.63, 3.8) is 0 Å². The average Bonchev–Trinajstić information content (AvgIpc) is 2.75. The Balaban J connectivity index is 2.03. The number of aryl methyl sites for hydroxylation is 2. The van der Waals surface area contributed by atoms with Crippen molar-refractivity contribution in [3.05, 3.63) is 40.2 Å². The van der Waals surface area contributed by atoms with Crippen molar-refractivity contribution >= 4 is 28.9 Å². The fraction of sp³-hybridized carbons (Fsp3) is 0.333. The highest BCUT2D eigenvalue weighted by atomic mass is 35.5. The van der Waals surface area contributed by atoms with Gasteiger partial charge in [-0.05, 0) is 39.0 Å². The van der Waals surface area contributed by atoms with Crippen LogP contribution in [0.5, 0.6) is 0 Å². The smallest absolute Gasteiger partial charge is 0.249 e. The monoisotopic (exact) mass is 305 g/mol. The van der Waals surface area contributed by atoms with E-state index in [1.807, 2.05) is 32.9 Å². The van der Waals surface area contributed by atoms with E-state index in [1.165, 1.54) is 0 Å². The normalized spacial score (nSPS) is 17.6. The van der Waals surface area contributed by atoms with Gasteiger partial charge in [-0.1, -0.05) is 16.8 Å². The Morgan fingerprint density at radius 2 is 2.19 bits per heavy atom. The van der Waals surface area contributed by atoms with Gasteiger partial charge in [0, 0.05) is 10.6 Å². The van der Waals surface area contributed by atoms with Crippen molar-refractivity contribution in [2.24, 2.45) is 0 Å². The lowest BCUT2D eigenvalue weighted by molar-refractivity contribution is -0.119. The summed E-state index contributed by atoms with van der Waals surface area (Å²) in [7, 11) is 0. The summed E-state index contributed by atoms with van der Waals surface area (Å²) in [5.41, 5.74) is 3.43. The molecule has 1 unspecified atom stereocenters. The van der Waals surface area contributed by atoms with Crippen LogP contribution in [-0.4, -0.2) is 17.1 Å². The maximum absolute atomic E-state index is 12.5. The summed E-state index contributed by atoms with van der Waals surface area (Å²) in [5, 5.41) is 7.76. The highest BCUT2D eigenvalue weighted by molar-refractivity contribution is 6.31. The third-order valence-electron chi connectivity index (χ3n) is 3.76. The molecule has 1 atom stereocenters. The van der Waals surface area contributed by atoms with Crippen LogP contribution in [0.4, 0.5) is 11.4 Å². The molecule has 1 N–H and O–H groups in total. The lowest BCUT2D eigenvalue weighted by atomic mass is 10.1. The summed E-state index contributed by atoms with van der Waals surface area (Å²) in [6.45, 7) is 6.02. The first-order valence-corrected chi connectivity index (χ1v) is 7.14. The number of nitrogens with one attached hydrogen (secondary N) is 1. The topological polar surface area (TPSA) is 58.4 Å². The van der Waals surface area contributed by atoms with Crippen molar-refractivity contribution in [2.75, 3.05) is 10.2 Å². The molecule has 2 heterocycles. The molecule has 6 heteroatoms. The van der Waals surface area contributed by atoms with Crippen LogP contribution < -0.4 is 10.2 Å². The molecule has 5 nitrogen and oxygen atoms in total. The zero-order valence-corrected chi connectivity index (χ0v) is 12.9. The van der Waals surface area contributed by atoms with Crippen molar-refractivity contribution < 1.29 is 9.32 Å². The molecule has 110 valence electrons. The quantitative estimate of drug-likeness (QED) is 0.925. The zero-order chi connectivity index (χ0) is 15.1. The number of carbonyl (C=O) groups excluding carboxylic acids is 1. The van der Waals surface area contributed by atoms with Crippen LogP contribution in [0.3, 0.4) is 0 Å². The summed E-state index contributed by atoms with van der Waals surface area (Å²) in [6, 6.07) is 5.18. The summed E-state index contributed by atoms with van der Waals surface area (Å²) in [4.78, 5) is 14.3.